The summed E-state index contributed by atoms with van der Waals surface area (Å²) in [6.07, 6.45) is 9.51. The highest BCUT2D eigenvalue weighted by Gasteiger charge is 2.36. The number of carbonyl (C=O) groups is 1. The van der Waals surface area contributed by atoms with Crippen molar-refractivity contribution in [2.45, 2.75) is 44.6 Å². The molecule has 2 atom stereocenters. The molecular formula is C18H22N2O. The largest absolute Gasteiger partial charge is 0.361 e. The fourth-order valence-electron chi connectivity index (χ4n) is 4.30. The summed E-state index contributed by atoms with van der Waals surface area (Å²) in [7, 11) is 0. The zero-order chi connectivity index (χ0) is 14.2. The number of nitrogens with zero attached hydrogens (tertiary/aromatic N) is 1. The van der Waals surface area contributed by atoms with E-state index < -0.39 is 0 Å². The van der Waals surface area contributed by atoms with Crippen molar-refractivity contribution in [1.29, 1.82) is 0 Å². The van der Waals surface area contributed by atoms with Crippen LogP contribution in [0, 0.1) is 5.92 Å². The van der Waals surface area contributed by atoms with Crippen LogP contribution in [0.3, 0.4) is 0 Å². The van der Waals surface area contributed by atoms with E-state index in [1.54, 1.807) is 0 Å². The summed E-state index contributed by atoms with van der Waals surface area (Å²) >= 11 is 0. The molecule has 1 N–H and O–H groups in total. The normalized spacial score (nSPS) is 25.8. The Morgan fingerprint density at radius 1 is 1.10 bits per heavy atom. The van der Waals surface area contributed by atoms with Crippen molar-refractivity contribution >= 4 is 16.8 Å². The standard InChI is InChI=1S/C18H22N2O/c21-18(15-7-3-8-16-14(15)10-11-19-16)20-12-4-6-13-5-1-2-9-17(13)20/h3,7-8,10-11,13,17,19H,1-2,4-6,9,12H2/t13-,17-/m1/s1. The highest BCUT2D eigenvalue weighted by atomic mass is 16.2. The van der Waals surface area contributed by atoms with Crippen LogP contribution in [0.4, 0.5) is 0 Å². The van der Waals surface area contributed by atoms with Crippen LogP contribution in [0.1, 0.15) is 48.9 Å². The van der Waals surface area contributed by atoms with E-state index in [1.807, 2.05) is 30.5 Å². The Bertz CT molecular complexity index is 658. The van der Waals surface area contributed by atoms with Crippen molar-refractivity contribution in [3.63, 3.8) is 0 Å². The van der Waals surface area contributed by atoms with Crippen LogP contribution >= 0.6 is 0 Å². The number of carbonyl (C=O) groups excluding carboxylic acids is 1. The molecule has 2 heterocycles. The summed E-state index contributed by atoms with van der Waals surface area (Å²) in [5.41, 5.74) is 1.91. The lowest BCUT2D eigenvalue weighted by molar-refractivity contribution is 0.0392. The highest BCUT2D eigenvalue weighted by molar-refractivity contribution is 6.06. The number of nitrogens with one attached hydrogen (secondary N) is 1. The van der Waals surface area contributed by atoms with Gasteiger partial charge in [0.2, 0.25) is 0 Å². The molecule has 0 bridgehead atoms. The molecule has 1 amide bonds. The second-order valence-electron chi connectivity index (χ2n) is 6.50. The maximum absolute atomic E-state index is 13.1. The van der Waals surface area contributed by atoms with Crippen LogP contribution in [0.15, 0.2) is 30.5 Å². The quantitative estimate of drug-likeness (QED) is 0.844. The minimum Gasteiger partial charge on any atom is -0.361 e. The van der Waals surface area contributed by atoms with Gasteiger partial charge in [0, 0.05) is 35.2 Å². The lowest BCUT2D eigenvalue weighted by Crippen LogP contribution is -2.49. The number of hydrogen-bond donors (Lipinski definition) is 1. The predicted octanol–water partition coefficient (Wildman–Crippen LogP) is 3.96. The van der Waals surface area contributed by atoms with E-state index in [1.165, 1.54) is 32.1 Å². The van der Waals surface area contributed by atoms with Crippen molar-refractivity contribution < 1.29 is 4.79 Å². The van der Waals surface area contributed by atoms with Gasteiger partial charge in [-0.05, 0) is 49.8 Å². The Morgan fingerprint density at radius 3 is 2.90 bits per heavy atom. The Balaban J connectivity index is 1.68. The van der Waals surface area contributed by atoms with E-state index in [2.05, 4.69) is 9.88 Å². The van der Waals surface area contributed by atoms with Crippen LogP contribution in [0.5, 0.6) is 0 Å². The molecule has 1 aliphatic heterocycles. The van der Waals surface area contributed by atoms with E-state index in [4.69, 9.17) is 0 Å². The molecule has 2 aromatic rings. The molecule has 4 rings (SSSR count). The minimum atomic E-state index is 0.233. The van der Waals surface area contributed by atoms with Gasteiger partial charge in [0.25, 0.3) is 5.91 Å². The van der Waals surface area contributed by atoms with E-state index in [0.717, 1.165) is 35.3 Å². The van der Waals surface area contributed by atoms with Gasteiger partial charge >= 0.3 is 0 Å². The number of amides is 1. The van der Waals surface area contributed by atoms with Crippen molar-refractivity contribution in [3.05, 3.63) is 36.0 Å². The van der Waals surface area contributed by atoms with Crippen molar-refractivity contribution in [2.75, 3.05) is 6.54 Å². The summed E-state index contributed by atoms with van der Waals surface area (Å²) in [4.78, 5) is 18.5. The number of rotatable bonds is 1. The highest BCUT2D eigenvalue weighted by Crippen LogP contribution is 2.36. The molecule has 3 heteroatoms. The third kappa shape index (κ3) is 2.15. The van der Waals surface area contributed by atoms with E-state index in [0.29, 0.717) is 6.04 Å². The maximum atomic E-state index is 13.1. The summed E-state index contributed by atoms with van der Waals surface area (Å²) in [6, 6.07) is 8.49. The Morgan fingerprint density at radius 2 is 1.95 bits per heavy atom. The van der Waals surface area contributed by atoms with Crippen LogP contribution in [-0.4, -0.2) is 28.4 Å². The van der Waals surface area contributed by atoms with Crippen LogP contribution in [-0.2, 0) is 0 Å². The van der Waals surface area contributed by atoms with Crippen molar-refractivity contribution in [2.24, 2.45) is 5.92 Å². The lowest BCUT2D eigenvalue weighted by Gasteiger charge is -2.44. The number of aromatic nitrogens is 1. The number of aromatic amines is 1. The average molecular weight is 282 g/mol. The van der Waals surface area contributed by atoms with Gasteiger partial charge in [0.15, 0.2) is 0 Å². The first-order valence-corrected chi connectivity index (χ1v) is 8.21. The van der Waals surface area contributed by atoms with Crippen LogP contribution < -0.4 is 0 Å². The minimum absolute atomic E-state index is 0.233. The predicted molar refractivity (Wildman–Crippen MR) is 84.3 cm³/mol. The number of piperidine rings is 1. The first-order chi connectivity index (χ1) is 10.3. The van der Waals surface area contributed by atoms with Crippen LogP contribution in [0.2, 0.25) is 0 Å². The third-order valence-electron chi connectivity index (χ3n) is 5.33. The number of hydrogen-bond acceptors (Lipinski definition) is 1. The fourth-order valence-corrected chi connectivity index (χ4v) is 4.30. The fraction of sp³-hybridized carbons (Fsp3) is 0.500. The molecular weight excluding hydrogens is 260 g/mol. The number of H-pyrrole nitrogens is 1. The Kier molecular flexibility index (Phi) is 3.21. The molecule has 0 radical (unpaired) electrons. The molecule has 3 nitrogen and oxygen atoms in total. The average Bonchev–Trinajstić information content (AvgIpc) is 3.02. The van der Waals surface area contributed by atoms with Gasteiger partial charge in [-0.3, -0.25) is 4.79 Å². The molecule has 110 valence electrons. The molecule has 0 unspecified atom stereocenters. The molecule has 2 fully saturated rings. The molecule has 1 aliphatic carbocycles. The summed E-state index contributed by atoms with van der Waals surface area (Å²) in [5.74, 6) is 0.971. The van der Waals surface area contributed by atoms with E-state index in [-0.39, 0.29) is 5.91 Å². The first-order valence-electron chi connectivity index (χ1n) is 8.21. The van der Waals surface area contributed by atoms with Gasteiger partial charge in [0.1, 0.15) is 0 Å². The van der Waals surface area contributed by atoms with E-state index >= 15 is 0 Å². The molecule has 0 spiro atoms. The number of fused-ring (bicyclic) bond motifs is 2. The molecule has 1 aromatic heterocycles. The van der Waals surface area contributed by atoms with Gasteiger partial charge in [-0.15, -0.1) is 0 Å². The summed E-state index contributed by atoms with van der Waals surface area (Å²) in [5, 5.41) is 1.06. The second kappa shape index (κ2) is 5.21. The topological polar surface area (TPSA) is 36.1 Å². The van der Waals surface area contributed by atoms with Gasteiger partial charge in [0.05, 0.1) is 0 Å². The lowest BCUT2D eigenvalue weighted by atomic mass is 9.78. The zero-order valence-electron chi connectivity index (χ0n) is 12.3. The summed E-state index contributed by atoms with van der Waals surface area (Å²) in [6.45, 7) is 0.931. The van der Waals surface area contributed by atoms with Crippen molar-refractivity contribution in [1.82, 2.24) is 9.88 Å². The molecule has 21 heavy (non-hydrogen) atoms. The molecule has 1 aromatic carbocycles. The van der Waals surface area contributed by atoms with E-state index in [9.17, 15) is 4.79 Å². The number of likely N-dealkylation sites (tertiary alicyclic amines) is 1. The first kappa shape index (κ1) is 12.9. The number of benzene rings is 1. The Labute approximate surface area is 125 Å². The van der Waals surface area contributed by atoms with Gasteiger partial charge < -0.3 is 9.88 Å². The second-order valence-corrected chi connectivity index (χ2v) is 6.50. The van der Waals surface area contributed by atoms with Gasteiger partial charge in [-0.2, -0.15) is 0 Å². The smallest absolute Gasteiger partial charge is 0.254 e. The van der Waals surface area contributed by atoms with Crippen LogP contribution in [0.25, 0.3) is 10.9 Å². The zero-order valence-corrected chi connectivity index (χ0v) is 12.3. The Hall–Kier alpha value is -1.77. The molecule has 1 saturated heterocycles. The van der Waals surface area contributed by atoms with Gasteiger partial charge in [-0.1, -0.05) is 18.9 Å². The molecule has 1 saturated carbocycles. The third-order valence-corrected chi connectivity index (χ3v) is 5.33. The molecule has 2 aliphatic rings. The monoisotopic (exact) mass is 282 g/mol. The van der Waals surface area contributed by atoms with Crippen molar-refractivity contribution in [3.8, 4) is 0 Å². The SMILES string of the molecule is O=C(c1cccc2[nH]ccc12)N1CCC[C@H]2CCCC[C@H]21. The maximum Gasteiger partial charge on any atom is 0.254 e. The summed E-state index contributed by atoms with van der Waals surface area (Å²) < 4.78 is 0. The van der Waals surface area contributed by atoms with Gasteiger partial charge in [-0.25, -0.2) is 0 Å².